The smallest absolute Gasteiger partial charge is 0.262 e. The Balaban J connectivity index is 2.04. The van der Waals surface area contributed by atoms with Crippen molar-refractivity contribution in [1.82, 2.24) is 4.90 Å². The van der Waals surface area contributed by atoms with Crippen LogP contribution in [0.2, 0.25) is 0 Å². The molecule has 0 N–H and O–H groups in total. The van der Waals surface area contributed by atoms with Crippen molar-refractivity contribution in [3.05, 3.63) is 35.4 Å². The van der Waals surface area contributed by atoms with Crippen molar-refractivity contribution in [2.45, 2.75) is 103 Å². The quantitative estimate of drug-likeness (QED) is 0.258. The van der Waals surface area contributed by atoms with E-state index in [0.717, 1.165) is 37.1 Å². The van der Waals surface area contributed by atoms with Crippen LogP contribution in [0.5, 0.6) is 0 Å². The predicted octanol–water partition coefficient (Wildman–Crippen LogP) is 7.19. The van der Waals surface area contributed by atoms with E-state index in [0.29, 0.717) is 0 Å². The first-order valence-corrected chi connectivity index (χ1v) is 12.5. The maximum atomic E-state index is 13.8. The minimum Gasteiger partial charge on any atom is -0.340 e. The number of carbonyl (C=O) groups is 1. The Morgan fingerprint density at radius 2 is 1.32 bits per heavy atom. The third-order valence-electron chi connectivity index (χ3n) is 6.17. The molecule has 2 rings (SSSR count). The van der Waals surface area contributed by atoms with E-state index in [1.807, 2.05) is 36.1 Å². The largest absolute Gasteiger partial charge is 0.340 e. The van der Waals surface area contributed by atoms with E-state index < -0.39 is 5.54 Å². The van der Waals surface area contributed by atoms with Gasteiger partial charge in [0.1, 0.15) is 0 Å². The number of rotatable bonds is 16. The normalized spacial score (nSPS) is 17.4. The summed E-state index contributed by atoms with van der Waals surface area (Å²) in [7, 11) is 0. The summed E-state index contributed by atoms with van der Waals surface area (Å²) in [5.41, 5.74) is 0.913. The summed E-state index contributed by atoms with van der Waals surface area (Å²) in [6, 6.07) is 8.02. The SMILES string of the molecule is CCCCCCCCN(CCCCCCCC)C(=O)C1(c2ccc(C)cc2)C=NN=N1. The molecule has 1 aliphatic rings. The Morgan fingerprint density at radius 1 is 0.806 bits per heavy atom. The molecule has 1 aromatic carbocycles. The van der Waals surface area contributed by atoms with Crippen molar-refractivity contribution in [2.75, 3.05) is 13.1 Å². The Morgan fingerprint density at radius 3 is 1.81 bits per heavy atom. The fourth-order valence-electron chi connectivity index (χ4n) is 4.11. The van der Waals surface area contributed by atoms with Crippen molar-refractivity contribution >= 4 is 12.1 Å². The second kappa shape index (κ2) is 14.1. The zero-order chi connectivity index (χ0) is 22.4. The molecular weight excluding hydrogens is 384 g/mol. The number of hydrogen-bond donors (Lipinski definition) is 0. The number of aryl methyl sites for hydroxylation is 1. The molecule has 1 amide bonds. The molecular formula is C26H42N4O. The van der Waals surface area contributed by atoms with E-state index in [9.17, 15) is 4.79 Å². The van der Waals surface area contributed by atoms with Gasteiger partial charge in [0.2, 0.25) is 5.54 Å². The molecule has 0 bridgehead atoms. The maximum Gasteiger partial charge on any atom is 0.262 e. The molecule has 0 aromatic heterocycles. The van der Waals surface area contributed by atoms with Gasteiger partial charge in [-0.15, -0.1) is 10.2 Å². The molecule has 5 nitrogen and oxygen atoms in total. The van der Waals surface area contributed by atoms with Crippen molar-refractivity contribution in [2.24, 2.45) is 15.4 Å². The van der Waals surface area contributed by atoms with Crippen LogP contribution in [0.1, 0.15) is 102 Å². The van der Waals surface area contributed by atoms with Crippen molar-refractivity contribution in [3.63, 3.8) is 0 Å². The van der Waals surface area contributed by atoms with E-state index in [-0.39, 0.29) is 5.91 Å². The Labute approximate surface area is 189 Å². The van der Waals surface area contributed by atoms with Gasteiger partial charge in [0, 0.05) is 13.1 Å². The fourth-order valence-corrected chi connectivity index (χ4v) is 4.11. The number of carbonyl (C=O) groups excluding carboxylic acids is 1. The molecule has 1 aromatic rings. The van der Waals surface area contributed by atoms with Crippen molar-refractivity contribution in [1.29, 1.82) is 0 Å². The highest BCUT2D eigenvalue weighted by Gasteiger charge is 2.44. The summed E-state index contributed by atoms with van der Waals surface area (Å²) >= 11 is 0. The minimum absolute atomic E-state index is 0.0171. The molecule has 0 saturated heterocycles. The number of hydrogen-bond acceptors (Lipinski definition) is 4. The number of amides is 1. The summed E-state index contributed by atoms with van der Waals surface area (Å²) in [6.07, 6.45) is 16.2. The second-order valence-corrected chi connectivity index (χ2v) is 8.89. The van der Waals surface area contributed by atoms with Crippen LogP contribution in [0.15, 0.2) is 39.7 Å². The van der Waals surface area contributed by atoms with E-state index in [1.54, 1.807) is 6.21 Å². The van der Waals surface area contributed by atoms with Gasteiger partial charge < -0.3 is 4.90 Å². The monoisotopic (exact) mass is 426 g/mol. The molecule has 1 unspecified atom stereocenters. The lowest BCUT2D eigenvalue weighted by Crippen LogP contribution is -2.47. The molecule has 31 heavy (non-hydrogen) atoms. The predicted molar refractivity (Wildman–Crippen MR) is 130 cm³/mol. The van der Waals surface area contributed by atoms with Crippen LogP contribution >= 0.6 is 0 Å². The van der Waals surface area contributed by atoms with Crippen molar-refractivity contribution < 1.29 is 4.79 Å². The Hall–Kier alpha value is -2.04. The first-order valence-electron chi connectivity index (χ1n) is 12.5. The van der Waals surface area contributed by atoms with Crippen LogP contribution in [-0.2, 0) is 10.3 Å². The standard InChI is InChI=1S/C26H42N4O/c1-4-6-8-10-12-14-20-30(21-15-13-11-9-7-5-2)25(31)26(22-27-29-28-26)24-18-16-23(3)17-19-24/h16-19,22H,4-15,20-21H2,1-3H3. The lowest BCUT2D eigenvalue weighted by atomic mass is 9.89. The van der Waals surface area contributed by atoms with Crippen molar-refractivity contribution in [3.8, 4) is 0 Å². The number of nitrogens with zero attached hydrogens (tertiary/aromatic N) is 4. The van der Waals surface area contributed by atoms with Gasteiger partial charge in [0.05, 0.1) is 6.21 Å². The minimum atomic E-state index is -1.10. The summed E-state index contributed by atoms with van der Waals surface area (Å²) < 4.78 is 0. The van der Waals surface area contributed by atoms with Gasteiger partial charge in [-0.05, 0) is 30.6 Å². The summed E-state index contributed by atoms with van der Waals surface area (Å²) in [5, 5.41) is 12.2. The number of unbranched alkanes of at least 4 members (excludes halogenated alkanes) is 10. The van der Waals surface area contributed by atoms with Crippen LogP contribution in [0.3, 0.4) is 0 Å². The third-order valence-corrected chi connectivity index (χ3v) is 6.17. The second-order valence-electron chi connectivity index (χ2n) is 8.89. The van der Waals surface area contributed by atoms with Crippen LogP contribution in [0.4, 0.5) is 0 Å². The zero-order valence-electron chi connectivity index (χ0n) is 20.0. The van der Waals surface area contributed by atoms with Gasteiger partial charge in [-0.3, -0.25) is 4.79 Å². The van der Waals surface area contributed by atoms with Crippen LogP contribution in [0.25, 0.3) is 0 Å². The molecule has 0 spiro atoms. The zero-order valence-corrected chi connectivity index (χ0v) is 20.0. The molecule has 0 aliphatic carbocycles. The Kier molecular flexibility index (Phi) is 11.5. The number of benzene rings is 1. The lowest BCUT2D eigenvalue weighted by molar-refractivity contribution is -0.134. The molecule has 0 saturated carbocycles. The highest BCUT2D eigenvalue weighted by molar-refractivity contribution is 6.04. The summed E-state index contributed by atoms with van der Waals surface area (Å²) in [6.45, 7) is 8.10. The first kappa shape index (κ1) is 25.2. The molecule has 0 fully saturated rings. The average Bonchev–Trinajstić information content (AvgIpc) is 3.28. The van der Waals surface area contributed by atoms with Gasteiger partial charge in [-0.25, -0.2) is 0 Å². The van der Waals surface area contributed by atoms with E-state index in [4.69, 9.17) is 0 Å². The topological polar surface area (TPSA) is 57.4 Å². The van der Waals surface area contributed by atoms with Gasteiger partial charge in [0.25, 0.3) is 5.91 Å². The Bertz CT molecular complexity index is 668. The van der Waals surface area contributed by atoms with Gasteiger partial charge in [0.15, 0.2) is 0 Å². The average molecular weight is 427 g/mol. The maximum absolute atomic E-state index is 13.8. The van der Waals surface area contributed by atoms with Crippen LogP contribution in [-0.4, -0.2) is 30.1 Å². The van der Waals surface area contributed by atoms with E-state index in [2.05, 4.69) is 29.3 Å². The molecule has 172 valence electrons. The third kappa shape index (κ3) is 7.86. The highest BCUT2D eigenvalue weighted by Crippen LogP contribution is 2.31. The lowest BCUT2D eigenvalue weighted by Gasteiger charge is -2.30. The van der Waals surface area contributed by atoms with Gasteiger partial charge >= 0.3 is 0 Å². The summed E-state index contributed by atoms with van der Waals surface area (Å²) in [5.74, 6) is 0.0171. The highest BCUT2D eigenvalue weighted by atomic mass is 16.2. The first-order chi connectivity index (χ1) is 15.1. The van der Waals surface area contributed by atoms with Gasteiger partial charge in [-0.2, -0.15) is 0 Å². The summed E-state index contributed by atoms with van der Waals surface area (Å²) in [4.78, 5) is 15.8. The molecule has 0 radical (unpaired) electrons. The van der Waals surface area contributed by atoms with Crippen LogP contribution < -0.4 is 0 Å². The van der Waals surface area contributed by atoms with E-state index in [1.165, 1.54) is 64.2 Å². The van der Waals surface area contributed by atoms with Crippen LogP contribution in [0, 0.1) is 6.92 Å². The molecule has 1 heterocycles. The van der Waals surface area contributed by atoms with E-state index >= 15 is 0 Å². The molecule has 1 aliphatic heterocycles. The molecule has 1 atom stereocenters. The van der Waals surface area contributed by atoms with Gasteiger partial charge in [-0.1, -0.05) is 108 Å². The fraction of sp³-hybridized carbons (Fsp3) is 0.692. The molecule has 5 heteroatoms.